The summed E-state index contributed by atoms with van der Waals surface area (Å²) in [4.78, 5) is 43.5. The average molecular weight is 489 g/mol. The summed E-state index contributed by atoms with van der Waals surface area (Å²) >= 11 is 0. The number of para-hydroxylation sites is 1. The minimum absolute atomic E-state index is 0.170. The Morgan fingerprint density at radius 1 is 0.676 bits per heavy atom. The van der Waals surface area contributed by atoms with E-state index in [2.05, 4.69) is 0 Å². The number of rotatable bonds is 5. The summed E-state index contributed by atoms with van der Waals surface area (Å²) in [5.41, 5.74) is 4.02. The molecule has 2 atom stereocenters. The highest BCUT2D eigenvalue weighted by Crippen LogP contribution is 2.43. The van der Waals surface area contributed by atoms with Crippen LogP contribution in [0.5, 0.6) is 5.75 Å². The van der Waals surface area contributed by atoms with Crippen LogP contribution in [0.15, 0.2) is 97.1 Å². The Kier molecular flexibility index (Phi) is 5.37. The molecule has 1 heterocycles. The minimum atomic E-state index is -0.768. The summed E-state index contributed by atoms with van der Waals surface area (Å²) in [6, 6.07) is 28.6. The van der Waals surface area contributed by atoms with Crippen molar-refractivity contribution >= 4 is 28.8 Å². The summed E-state index contributed by atoms with van der Waals surface area (Å²) in [7, 11) is 3.92. The van der Waals surface area contributed by atoms with Crippen molar-refractivity contribution in [1.82, 2.24) is 0 Å². The molecule has 4 aromatic rings. The lowest BCUT2D eigenvalue weighted by Gasteiger charge is -2.47. The quantitative estimate of drug-likeness (QED) is 0.324. The number of carbonyl (C=O) groups is 3. The van der Waals surface area contributed by atoms with E-state index in [9.17, 15) is 14.4 Å². The lowest BCUT2D eigenvalue weighted by Crippen LogP contribution is -2.61. The Labute approximate surface area is 214 Å². The maximum Gasteiger partial charge on any atom is 0.271 e. The molecule has 6 nitrogen and oxygen atoms in total. The average Bonchev–Trinajstić information content (AvgIpc) is 2.93. The molecular formula is C31H24N2O4. The summed E-state index contributed by atoms with van der Waals surface area (Å²) in [6.07, 6.45) is -0.768. The fourth-order valence-corrected chi connectivity index (χ4v) is 5.05. The van der Waals surface area contributed by atoms with Gasteiger partial charge in [0.05, 0.1) is 0 Å². The number of ether oxygens (including phenoxy) is 1. The number of hydrogen-bond donors (Lipinski definition) is 0. The van der Waals surface area contributed by atoms with Crippen molar-refractivity contribution in [2.75, 3.05) is 23.9 Å². The van der Waals surface area contributed by atoms with Crippen LogP contribution < -0.4 is 14.5 Å². The summed E-state index contributed by atoms with van der Waals surface area (Å²) in [5.74, 6) is 0.0540. The number of anilines is 2. The van der Waals surface area contributed by atoms with Crippen LogP contribution in [0.2, 0.25) is 0 Å². The van der Waals surface area contributed by atoms with Crippen molar-refractivity contribution in [3.05, 3.63) is 125 Å². The van der Waals surface area contributed by atoms with Gasteiger partial charge in [0.1, 0.15) is 11.8 Å². The highest BCUT2D eigenvalue weighted by molar-refractivity contribution is 6.28. The topological polar surface area (TPSA) is 66.9 Å². The maximum atomic E-state index is 13.4. The lowest BCUT2D eigenvalue weighted by molar-refractivity contribution is -0.135. The zero-order chi connectivity index (χ0) is 25.7. The van der Waals surface area contributed by atoms with Gasteiger partial charge < -0.3 is 9.64 Å². The van der Waals surface area contributed by atoms with Gasteiger partial charge >= 0.3 is 0 Å². The second-order valence-corrected chi connectivity index (χ2v) is 9.42. The van der Waals surface area contributed by atoms with E-state index in [1.54, 1.807) is 41.3 Å². The van der Waals surface area contributed by atoms with Gasteiger partial charge in [-0.3, -0.25) is 19.3 Å². The molecule has 182 valence electrons. The molecule has 0 aromatic heterocycles. The molecule has 6 heteroatoms. The molecule has 0 saturated carbocycles. The van der Waals surface area contributed by atoms with Crippen LogP contribution in [0, 0.1) is 0 Å². The number of amides is 1. The van der Waals surface area contributed by atoms with E-state index in [1.807, 2.05) is 79.7 Å². The van der Waals surface area contributed by atoms with E-state index >= 15 is 0 Å². The van der Waals surface area contributed by atoms with Crippen molar-refractivity contribution < 1.29 is 19.1 Å². The standard InChI is InChI=1S/C31H24N2O4/c1-32(2)20-13-15-21(16-14-20)33-27(30(31(33)36)37-22-8-4-3-5-9-22)19-12-17-25-26(18-19)29(35)24-11-7-6-10-23(24)28(25)34/h3-18,27,30H,1-2H3/t27-,30+/m1/s1. The molecule has 0 bridgehead atoms. The van der Waals surface area contributed by atoms with E-state index in [4.69, 9.17) is 4.74 Å². The van der Waals surface area contributed by atoms with Crippen molar-refractivity contribution in [1.29, 1.82) is 0 Å². The van der Waals surface area contributed by atoms with E-state index in [0.29, 0.717) is 28.0 Å². The molecule has 1 amide bonds. The Balaban J connectivity index is 1.41. The predicted molar refractivity (Wildman–Crippen MR) is 142 cm³/mol. The first kappa shape index (κ1) is 22.7. The molecule has 6 rings (SSSR count). The van der Waals surface area contributed by atoms with Gasteiger partial charge in [-0.1, -0.05) is 48.5 Å². The number of nitrogens with zero attached hydrogens (tertiary/aromatic N) is 2. The molecule has 1 saturated heterocycles. The second kappa shape index (κ2) is 8.75. The second-order valence-electron chi connectivity index (χ2n) is 9.42. The van der Waals surface area contributed by atoms with E-state index in [1.165, 1.54) is 0 Å². The summed E-state index contributed by atoms with van der Waals surface area (Å²) in [5, 5.41) is 0. The molecule has 1 fully saturated rings. The van der Waals surface area contributed by atoms with Gasteiger partial charge in [0, 0.05) is 47.7 Å². The fraction of sp³-hybridized carbons (Fsp3) is 0.129. The van der Waals surface area contributed by atoms with Crippen LogP contribution in [0.1, 0.15) is 43.4 Å². The van der Waals surface area contributed by atoms with Crippen LogP contribution in [-0.4, -0.2) is 37.7 Å². The zero-order valence-electron chi connectivity index (χ0n) is 20.4. The molecule has 2 aliphatic rings. The van der Waals surface area contributed by atoms with Crippen molar-refractivity contribution in [2.24, 2.45) is 0 Å². The third-order valence-corrected chi connectivity index (χ3v) is 6.99. The first-order valence-corrected chi connectivity index (χ1v) is 12.1. The van der Waals surface area contributed by atoms with Gasteiger partial charge in [0.15, 0.2) is 11.6 Å². The number of β-lactam (4-membered cyclic amide) rings is 1. The number of ketones is 2. The van der Waals surface area contributed by atoms with Crippen LogP contribution >= 0.6 is 0 Å². The fourth-order valence-electron chi connectivity index (χ4n) is 5.05. The maximum absolute atomic E-state index is 13.4. The summed E-state index contributed by atoms with van der Waals surface area (Å²) in [6.45, 7) is 0. The van der Waals surface area contributed by atoms with Crippen molar-refractivity contribution in [2.45, 2.75) is 12.1 Å². The van der Waals surface area contributed by atoms with Gasteiger partial charge in [-0.25, -0.2) is 0 Å². The van der Waals surface area contributed by atoms with Crippen LogP contribution in [0.4, 0.5) is 11.4 Å². The normalized spacial score (nSPS) is 18.1. The number of fused-ring (bicyclic) bond motifs is 2. The Morgan fingerprint density at radius 2 is 1.27 bits per heavy atom. The van der Waals surface area contributed by atoms with E-state index in [0.717, 1.165) is 16.9 Å². The minimum Gasteiger partial charge on any atom is -0.478 e. The third-order valence-electron chi connectivity index (χ3n) is 6.99. The van der Waals surface area contributed by atoms with Gasteiger partial charge in [-0.05, 0) is 54.1 Å². The SMILES string of the molecule is CN(C)c1ccc(N2C(=O)[C@@H](Oc3ccccc3)[C@H]2c2ccc3c(c2)C(=O)c2ccccc2C3=O)cc1. The molecule has 0 radical (unpaired) electrons. The molecule has 0 unspecified atom stereocenters. The predicted octanol–water partition coefficient (Wildman–Crippen LogP) is 5.06. The van der Waals surface area contributed by atoms with Gasteiger partial charge in [-0.2, -0.15) is 0 Å². The van der Waals surface area contributed by atoms with E-state index < -0.39 is 12.1 Å². The molecule has 1 aliphatic heterocycles. The van der Waals surface area contributed by atoms with Crippen LogP contribution in [-0.2, 0) is 4.79 Å². The molecular weight excluding hydrogens is 464 g/mol. The smallest absolute Gasteiger partial charge is 0.271 e. The lowest BCUT2D eigenvalue weighted by atomic mass is 9.81. The Hall–Kier alpha value is -4.71. The first-order valence-electron chi connectivity index (χ1n) is 12.1. The monoisotopic (exact) mass is 488 g/mol. The highest BCUT2D eigenvalue weighted by atomic mass is 16.5. The van der Waals surface area contributed by atoms with Crippen molar-refractivity contribution in [3.8, 4) is 5.75 Å². The number of hydrogen-bond acceptors (Lipinski definition) is 5. The first-order chi connectivity index (χ1) is 17.9. The number of carbonyl (C=O) groups excluding carboxylic acids is 3. The molecule has 0 spiro atoms. The number of benzene rings is 4. The highest BCUT2D eigenvalue weighted by Gasteiger charge is 2.51. The Bertz CT molecular complexity index is 1540. The molecule has 0 N–H and O–H groups in total. The molecule has 37 heavy (non-hydrogen) atoms. The molecule has 4 aromatic carbocycles. The Morgan fingerprint density at radius 3 is 1.92 bits per heavy atom. The zero-order valence-corrected chi connectivity index (χ0v) is 20.4. The molecule has 1 aliphatic carbocycles. The third kappa shape index (κ3) is 3.69. The van der Waals surface area contributed by atoms with Crippen LogP contribution in [0.3, 0.4) is 0 Å². The van der Waals surface area contributed by atoms with Crippen molar-refractivity contribution in [3.63, 3.8) is 0 Å². The summed E-state index contributed by atoms with van der Waals surface area (Å²) < 4.78 is 6.14. The van der Waals surface area contributed by atoms with Gasteiger partial charge in [0.2, 0.25) is 6.10 Å². The van der Waals surface area contributed by atoms with Gasteiger partial charge in [-0.15, -0.1) is 0 Å². The van der Waals surface area contributed by atoms with Gasteiger partial charge in [0.25, 0.3) is 5.91 Å². The largest absolute Gasteiger partial charge is 0.478 e. The van der Waals surface area contributed by atoms with Crippen LogP contribution in [0.25, 0.3) is 0 Å². The van der Waals surface area contributed by atoms with E-state index in [-0.39, 0.29) is 17.5 Å².